The van der Waals surface area contributed by atoms with Gasteiger partial charge >= 0.3 is 0 Å². The highest BCUT2D eigenvalue weighted by Gasteiger charge is 2.19. The van der Waals surface area contributed by atoms with Gasteiger partial charge in [0.2, 0.25) is 0 Å². The zero-order valence-corrected chi connectivity index (χ0v) is 16.6. The summed E-state index contributed by atoms with van der Waals surface area (Å²) < 4.78 is 1.98. The van der Waals surface area contributed by atoms with Crippen molar-refractivity contribution in [2.75, 3.05) is 37.4 Å². The molecule has 0 unspecified atom stereocenters. The predicted molar refractivity (Wildman–Crippen MR) is 113 cm³/mol. The second kappa shape index (κ2) is 8.02. The van der Waals surface area contributed by atoms with Crippen LogP contribution in [-0.4, -0.2) is 47.4 Å². The number of piperidine rings is 1. The highest BCUT2D eigenvalue weighted by Crippen LogP contribution is 2.22. The zero-order valence-electron chi connectivity index (χ0n) is 16.6. The minimum absolute atomic E-state index is 0.175. The molecule has 1 saturated heterocycles. The molecule has 1 aromatic carbocycles. The lowest BCUT2D eigenvalue weighted by Crippen LogP contribution is -2.29. The summed E-state index contributed by atoms with van der Waals surface area (Å²) in [5.74, 6) is -0.175. The van der Waals surface area contributed by atoms with Crippen molar-refractivity contribution in [3.05, 3.63) is 60.0 Å². The molecule has 1 aliphatic heterocycles. The first-order valence-corrected chi connectivity index (χ1v) is 9.89. The van der Waals surface area contributed by atoms with E-state index in [9.17, 15) is 4.79 Å². The first-order chi connectivity index (χ1) is 13.6. The van der Waals surface area contributed by atoms with E-state index in [4.69, 9.17) is 0 Å². The number of rotatable bonds is 5. The van der Waals surface area contributed by atoms with Gasteiger partial charge in [-0.2, -0.15) is 0 Å². The van der Waals surface area contributed by atoms with Gasteiger partial charge in [-0.05, 0) is 69.8 Å². The Labute approximate surface area is 165 Å². The van der Waals surface area contributed by atoms with E-state index in [0.29, 0.717) is 12.2 Å². The maximum absolute atomic E-state index is 13.0. The summed E-state index contributed by atoms with van der Waals surface area (Å²) in [6, 6.07) is 13.9. The number of nitrogens with zero attached hydrogens (tertiary/aromatic N) is 4. The number of carbonyl (C=O) groups is 1. The van der Waals surface area contributed by atoms with Crippen molar-refractivity contribution in [1.29, 1.82) is 0 Å². The number of fused-ring (bicyclic) bond motifs is 1. The molecule has 1 fully saturated rings. The fourth-order valence-corrected chi connectivity index (χ4v) is 3.78. The molecule has 1 aliphatic rings. The fourth-order valence-electron chi connectivity index (χ4n) is 3.78. The molecule has 0 spiro atoms. The summed E-state index contributed by atoms with van der Waals surface area (Å²) in [5, 5.41) is 3.01. The van der Waals surface area contributed by atoms with Crippen LogP contribution in [0.5, 0.6) is 0 Å². The molecule has 2 aromatic heterocycles. The number of hydrogen-bond donors (Lipinski definition) is 1. The number of benzene rings is 1. The maximum Gasteiger partial charge on any atom is 0.276 e. The molecule has 0 saturated carbocycles. The van der Waals surface area contributed by atoms with Crippen molar-refractivity contribution in [2.24, 2.45) is 0 Å². The first kappa shape index (κ1) is 18.5. The van der Waals surface area contributed by atoms with Crippen molar-refractivity contribution < 1.29 is 4.79 Å². The number of amides is 1. The minimum Gasteiger partial charge on any atom is -0.372 e. The number of imidazole rings is 1. The van der Waals surface area contributed by atoms with Crippen LogP contribution in [0.15, 0.2) is 48.7 Å². The van der Waals surface area contributed by atoms with Gasteiger partial charge in [0.25, 0.3) is 5.91 Å². The van der Waals surface area contributed by atoms with Gasteiger partial charge < -0.3 is 19.5 Å². The molecule has 1 N–H and O–H groups in total. The van der Waals surface area contributed by atoms with E-state index >= 15 is 0 Å². The number of carbonyl (C=O) groups excluding carboxylic acids is 1. The molecule has 1 amide bonds. The standard InChI is InChI=1S/C22H27N5O/c1-25(2)16-19-21(24-20-8-4-7-15-27(19)20)22(28)23-17-9-11-18(12-10-17)26-13-5-3-6-14-26/h4,7-12,15H,3,5-6,13-14,16H2,1-2H3,(H,23,28). The van der Waals surface area contributed by atoms with Crippen molar-refractivity contribution in [1.82, 2.24) is 14.3 Å². The highest BCUT2D eigenvalue weighted by molar-refractivity contribution is 6.04. The Kier molecular flexibility index (Phi) is 5.30. The predicted octanol–water partition coefficient (Wildman–Crippen LogP) is 3.64. The maximum atomic E-state index is 13.0. The third-order valence-corrected chi connectivity index (χ3v) is 5.16. The van der Waals surface area contributed by atoms with E-state index in [1.807, 2.05) is 59.9 Å². The van der Waals surface area contributed by atoms with E-state index in [1.165, 1.54) is 24.9 Å². The molecule has 28 heavy (non-hydrogen) atoms. The Hall–Kier alpha value is -2.86. The topological polar surface area (TPSA) is 52.9 Å². The summed E-state index contributed by atoms with van der Waals surface area (Å²) in [5.41, 5.74) is 4.16. The summed E-state index contributed by atoms with van der Waals surface area (Å²) in [4.78, 5) is 22.0. The molecule has 0 atom stereocenters. The van der Waals surface area contributed by atoms with Gasteiger partial charge in [-0.15, -0.1) is 0 Å². The van der Waals surface area contributed by atoms with Gasteiger partial charge in [0.15, 0.2) is 5.69 Å². The van der Waals surface area contributed by atoms with Crippen LogP contribution in [0.1, 0.15) is 35.4 Å². The number of pyridine rings is 1. The van der Waals surface area contributed by atoms with E-state index in [0.717, 1.165) is 30.1 Å². The van der Waals surface area contributed by atoms with Gasteiger partial charge in [-0.3, -0.25) is 4.79 Å². The highest BCUT2D eigenvalue weighted by atomic mass is 16.1. The lowest BCUT2D eigenvalue weighted by molar-refractivity contribution is 0.102. The van der Waals surface area contributed by atoms with Crippen LogP contribution < -0.4 is 10.2 Å². The lowest BCUT2D eigenvalue weighted by Gasteiger charge is -2.28. The van der Waals surface area contributed by atoms with E-state index < -0.39 is 0 Å². The average Bonchev–Trinajstić information content (AvgIpc) is 3.07. The third-order valence-electron chi connectivity index (χ3n) is 5.16. The fraction of sp³-hybridized carbons (Fsp3) is 0.364. The average molecular weight is 377 g/mol. The normalized spacial score (nSPS) is 14.6. The summed E-state index contributed by atoms with van der Waals surface area (Å²) >= 11 is 0. The largest absolute Gasteiger partial charge is 0.372 e. The molecular weight excluding hydrogens is 350 g/mol. The van der Waals surface area contributed by atoms with Crippen LogP contribution >= 0.6 is 0 Å². The monoisotopic (exact) mass is 377 g/mol. The number of aromatic nitrogens is 2. The second-order valence-corrected chi connectivity index (χ2v) is 7.62. The number of hydrogen-bond acceptors (Lipinski definition) is 4. The van der Waals surface area contributed by atoms with Crippen LogP contribution in [-0.2, 0) is 6.54 Å². The zero-order chi connectivity index (χ0) is 19.5. The number of nitrogens with one attached hydrogen (secondary N) is 1. The van der Waals surface area contributed by atoms with Crippen molar-refractivity contribution in [3.8, 4) is 0 Å². The molecule has 0 aliphatic carbocycles. The van der Waals surface area contributed by atoms with Crippen LogP contribution in [0.3, 0.4) is 0 Å². The van der Waals surface area contributed by atoms with Gasteiger partial charge in [0, 0.05) is 37.2 Å². The molecule has 0 radical (unpaired) electrons. The quantitative estimate of drug-likeness (QED) is 0.738. The Morgan fingerprint density at radius 2 is 1.82 bits per heavy atom. The molecule has 3 heterocycles. The molecule has 6 heteroatoms. The molecule has 0 bridgehead atoms. The first-order valence-electron chi connectivity index (χ1n) is 9.89. The van der Waals surface area contributed by atoms with Crippen LogP contribution in [0.4, 0.5) is 11.4 Å². The Morgan fingerprint density at radius 1 is 1.07 bits per heavy atom. The molecule has 146 valence electrons. The Morgan fingerprint density at radius 3 is 2.54 bits per heavy atom. The van der Waals surface area contributed by atoms with Gasteiger partial charge in [-0.1, -0.05) is 6.07 Å². The van der Waals surface area contributed by atoms with Crippen LogP contribution in [0.25, 0.3) is 5.65 Å². The summed E-state index contributed by atoms with van der Waals surface area (Å²) in [6.07, 6.45) is 5.77. The van der Waals surface area contributed by atoms with Crippen LogP contribution in [0.2, 0.25) is 0 Å². The Balaban J connectivity index is 1.55. The lowest BCUT2D eigenvalue weighted by atomic mass is 10.1. The van der Waals surface area contributed by atoms with Crippen molar-refractivity contribution in [3.63, 3.8) is 0 Å². The molecule has 6 nitrogen and oxygen atoms in total. The van der Waals surface area contributed by atoms with E-state index in [2.05, 4.69) is 27.3 Å². The minimum atomic E-state index is -0.175. The van der Waals surface area contributed by atoms with Crippen LogP contribution in [0, 0.1) is 0 Å². The number of anilines is 2. The van der Waals surface area contributed by atoms with Crippen molar-refractivity contribution >= 4 is 22.9 Å². The summed E-state index contributed by atoms with van der Waals surface area (Å²) in [6.45, 7) is 2.86. The van der Waals surface area contributed by atoms with Gasteiger partial charge in [-0.25, -0.2) is 4.98 Å². The van der Waals surface area contributed by atoms with Crippen molar-refractivity contribution in [2.45, 2.75) is 25.8 Å². The van der Waals surface area contributed by atoms with E-state index in [1.54, 1.807) is 0 Å². The van der Waals surface area contributed by atoms with Gasteiger partial charge in [0.05, 0.1) is 5.69 Å². The second-order valence-electron chi connectivity index (χ2n) is 7.62. The summed E-state index contributed by atoms with van der Waals surface area (Å²) in [7, 11) is 3.98. The molecular formula is C22H27N5O. The van der Waals surface area contributed by atoms with Gasteiger partial charge in [0.1, 0.15) is 5.65 Å². The smallest absolute Gasteiger partial charge is 0.276 e. The molecule has 4 rings (SSSR count). The Bertz CT molecular complexity index is 955. The molecule has 3 aromatic rings. The third kappa shape index (κ3) is 3.87. The van der Waals surface area contributed by atoms with E-state index in [-0.39, 0.29) is 5.91 Å². The SMILES string of the molecule is CN(C)Cc1c(C(=O)Nc2ccc(N3CCCCC3)cc2)nc2ccccn12.